The number of thiophene rings is 1. The highest BCUT2D eigenvalue weighted by molar-refractivity contribution is 7.13. The normalized spacial score (nSPS) is 10.5. The summed E-state index contributed by atoms with van der Waals surface area (Å²) in [4.78, 5) is 31.2. The number of aryl methyl sites for hydroxylation is 1. The van der Waals surface area contributed by atoms with Crippen molar-refractivity contribution in [2.75, 3.05) is 0 Å². The molecule has 3 aromatic heterocycles. The first-order chi connectivity index (χ1) is 10.1. The number of aromatic amines is 2. The van der Waals surface area contributed by atoms with Crippen LogP contribution in [-0.2, 0) is 0 Å². The van der Waals surface area contributed by atoms with Crippen molar-refractivity contribution < 1.29 is 0 Å². The average molecular weight is 299 g/mol. The van der Waals surface area contributed by atoms with Crippen LogP contribution in [0.1, 0.15) is 11.3 Å². The molecule has 0 unspecified atom stereocenters. The lowest BCUT2D eigenvalue weighted by Crippen LogP contribution is -2.23. The molecule has 3 aromatic rings. The molecular formula is C13H9N5O2S. The topological polar surface area (TPSA) is 107 Å². The monoisotopic (exact) mass is 299 g/mol. The minimum atomic E-state index is -0.579. The van der Waals surface area contributed by atoms with Crippen molar-refractivity contribution in [2.45, 2.75) is 6.92 Å². The molecule has 2 N–H and O–H groups in total. The third-order valence-electron chi connectivity index (χ3n) is 2.83. The molecule has 104 valence electrons. The minimum absolute atomic E-state index is 0.0560. The Morgan fingerprint density at radius 1 is 1.43 bits per heavy atom. The van der Waals surface area contributed by atoms with Gasteiger partial charge < -0.3 is 0 Å². The summed E-state index contributed by atoms with van der Waals surface area (Å²) >= 11 is 1.36. The molecule has 0 amide bonds. The minimum Gasteiger partial charge on any atom is -0.293 e. The molecule has 0 bridgehead atoms. The molecular weight excluding hydrogens is 290 g/mol. The number of H-pyrrole nitrogens is 2. The van der Waals surface area contributed by atoms with E-state index in [2.05, 4.69) is 15.1 Å². The van der Waals surface area contributed by atoms with Crippen molar-refractivity contribution in [3.63, 3.8) is 0 Å². The first-order valence-corrected chi connectivity index (χ1v) is 6.85. The molecule has 8 heteroatoms. The Morgan fingerprint density at radius 2 is 2.24 bits per heavy atom. The highest BCUT2D eigenvalue weighted by atomic mass is 32.1. The fourth-order valence-electron chi connectivity index (χ4n) is 1.93. The van der Waals surface area contributed by atoms with Crippen LogP contribution in [0.15, 0.2) is 33.2 Å². The van der Waals surface area contributed by atoms with E-state index in [1.54, 1.807) is 19.1 Å². The highest BCUT2D eigenvalue weighted by Gasteiger charge is 2.16. The van der Waals surface area contributed by atoms with Crippen molar-refractivity contribution in [3.8, 4) is 22.6 Å². The van der Waals surface area contributed by atoms with E-state index >= 15 is 0 Å². The lowest BCUT2D eigenvalue weighted by molar-refractivity contribution is 0.769. The van der Waals surface area contributed by atoms with E-state index in [4.69, 9.17) is 5.26 Å². The van der Waals surface area contributed by atoms with E-state index in [9.17, 15) is 9.59 Å². The van der Waals surface area contributed by atoms with Crippen molar-refractivity contribution in [1.82, 2.24) is 19.7 Å². The van der Waals surface area contributed by atoms with Gasteiger partial charge in [0.2, 0.25) is 5.95 Å². The maximum atomic E-state index is 12.0. The Kier molecular flexibility index (Phi) is 3.04. The van der Waals surface area contributed by atoms with Crippen LogP contribution in [0, 0.1) is 18.3 Å². The van der Waals surface area contributed by atoms with Crippen LogP contribution in [0.25, 0.3) is 16.5 Å². The first-order valence-electron chi connectivity index (χ1n) is 5.97. The van der Waals surface area contributed by atoms with E-state index in [-0.39, 0.29) is 22.8 Å². The molecule has 0 aliphatic rings. The molecule has 21 heavy (non-hydrogen) atoms. The SMILES string of the molecule is Cc1cc(=O)n(-c2nc(-c3cccs3)c(C#N)c(=O)[nH]2)[nH]1. The summed E-state index contributed by atoms with van der Waals surface area (Å²) in [6, 6.07) is 6.81. The lowest BCUT2D eigenvalue weighted by atomic mass is 10.2. The molecule has 3 rings (SSSR count). The number of rotatable bonds is 2. The first kappa shape index (κ1) is 13.1. The van der Waals surface area contributed by atoms with Crippen molar-refractivity contribution >= 4 is 11.3 Å². The summed E-state index contributed by atoms with van der Waals surface area (Å²) in [5, 5.41) is 13.7. The Hall–Kier alpha value is -2.92. The summed E-state index contributed by atoms with van der Waals surface area (Å²) in [5.41, 5.74) is -0.0739. The molecule has 0 fully saturated rings. The second-order valence-electron chi connectivity index (χ2n) is 4.32. The summed E-state index contributed by atoms with van der Waals surface area (Å²) < 4.78 is 1.13. The van der Waals surface area contributed by atoms with Crippen molar-refractivity contribution in [3.05, 3.63) is 55.5 Å². The molecule has 0 aliphatic heterocycles. The Morgan fingerprint density at radius 3 is 2.81 bits per heavy atom. The van der Waals surface area contributed by atoms with Crippen LogP contribution >= 0.6 is 11.3 Å². The maximum absolute atomic E-state index is 12.0. The predicted octanol–water partition coefficient (Wildman–Crippen LogP) is 1.16. The van der Waals surface area contributed by atoms with Gasteiger partial charge in [-0.05, 0) is 18.4 Å². The fourth-order valence-corrected chi connectivity index (χ4v) is 2.65. The van der Waals surface area contributed by atoms with E-state index in [0.717, 1.165) is 4.68 Å². The number of hydrogen-bond donors (Lipinski definition) is 2. The van der Waals surface area contributed by atoms with Gasteiger partial charge in [-0.1, -0.05) is 6.07 Å². The third kappa shape index (κ3) is 2.19. The van der Waals surface area contributed by atoms with Gasteiger partial charge in [-0.2, -0.15) is 9.94 Å². The van der Waals surface area contributed by atoms with Crippen LogP contribution < -0.4 is 11.1 Å². The van der Waals surface area contributed by atoms with Crippen LogP contribution in [0.5, 0.6) is 0 Å². The summed E-state index contributed by atoms with van der Waals surface area (Å²) in [5.74, 6) is 0.0560. The molecule has 0 atom stereocenters. The molecule has 7 nitrogen and oxygen atoms in total. The lowest BCUT2D eigenvalue weighted by Gasteiger charge is -2.04. The van der Waals surface area contributed by atoms with Gasteiger partial charge in [-0.25, -0.2) is 4.98 Å². The van der Waals surface area contributed by atoms with Gasteiger partial charge in [-0.3, -0.25) is 19.7 Å². The molecule has 0 radical (unpaired) electrons. The quantitative estimate of drug-likeness (QED) is 0.740. The molecule has 0 spiro atoms. The molecule has 3 heterocycles. The molecule has 0 saturated carbocycles. The van der Waals surface area contributed by atoms with E-state index in [0.29, 0.717) is 10.6 Å². The van der Waals surface area contributed by atoms with E-state index in [1.165, 1.54) is 17.4 Å². The number of hydrogen-bond acceptors (Lipinski definition) is 5. The van der Waals surface area contributed by atoms with Crippen LogP contribution in [0.4, 0.5) is 0 Å². The smallest absolute Gasteiger partial charge is 0.274 e. The van der Waals surface area contributed by atoms with Crippen molar-refractivity contribution in [2.24, 2.45) is 0 Å². The number of nitrogens with one attached hydrogen (secondary N) is 2. The average Bonchev–Trinajstić information content (AvgIpc) is 3.07. The molecule has 0 saturated heterocycles. The van der Waals surface area contributed by atoms with Gasteiger partial charge >= 0.3 is 0 Å². The second kappa shape index (κ2) is 4.88. The Labute approximate surface area is 122 Å². The van der Waals surface area contributed by atoms with Gasteiger partial charge in [0.05, 0.1) is 4.88 Å². The maximum Gasteiger partial charge on any atom is 0.274 e. The third-order valence-corrected chi connectivity index (χ3v) is 3.71. The Bertz CT molecular complexity index is 956. The van der Waals surface area contributed by atoms with Gasteiger partial charge in [0, 0.05) is 11.8 Å². The van der Waals surface area contributed by atoms with Gasteiger partial charge in [0.15, 0.2) is 0 Å². The zero-order valence-corrected chi connectivity index (χ0v) is 11.7. The largest absolute Gasteiger partial charge is 0.293 e. The van der Waals surface area contributed by atoms with Gasteiger partial charge in [-0.15, -0.1) is 11.3 Å². The highest BCUT2D eigenvalue weighted by Crippen LogP contribution is 2.24. The zero-order valence-electron chi connectivity index (χ0n) is 10.9. The summed E-state index contributed by atoms with van der Waals surface area (Å²) in [6.07, 6.45) is 0. The van der Waals surface area contributed by atoms with Crippen LogP contribution in [-0.4, -0.2) is 19.7 Å². The van der Waals surface area contributed by atoms with Crippen LogP contribution in [0.3, 0.4) is 0 Å². The number of nitriles is 1. The van der Waals surface area contributed by atoms with Crippen molar-refractivity contribution in [1.29, 1.82) is 5.26 Å². The second-order valence-corrected chi connectivity index (χ2v) is 5.26. The molecule has 0 aromatic carbocycles. The fraction of sp³-hybridized carbons (Fsp3) is 0.0769. The van der Waals surface area contributed by atoms with Gasteiger partial charge in [0.25, 0.3) is 11.1 Å². The number of aromatic nitrogens is 4. The summed E-state index contributed by atoms with van der Waals surface area (Å²) in [7, 11) is 0. The number of nitrogens with zero attached hydrogens (tertiary/aromatic N) is 3. The van der Waals surface area contributed by atoms with Gasteiger partial charge in [0.1, 0.15) is 17.3 Å². The van der Waals surface area contributed by atoms with Crippen LogP contribution in [0.2, 0.25) is 0 Å². The predicted molar refractivity (Wildman–Crippen MR) is 77.6 cm³/mol. The standard InChI is InChI=1S/C13H9N5O2S/c1-7-5-10(19)18(17-7)13-15-11(9-3-2-4-21-9)8(6-14)12(20)16-13/h2-5,17H,1H3,(H,15,16,20). The Balaban J connectivity index is 2.31. The molecule has 0 aliphatic carbocycles. The van der Waals surface area contributed by atoms with E-state index < -0.39 is 5.56 Å². The zero-order chi connectivity index (χ0) is 15.0. The summed E-state index contributed by atoms with van der Waals surface area (Å²) in [6.45, 7) is 1.72. The van der Waals surface area contributed by atoms with E-state index in [1.807, 2.05) is 11.4 Å².